The van der Waals surface area contributed by atoms with Crippen molar-refractivity contribution in [2.75, 3.05) is 0 Å². The lowest BCUT2D eigenvalue weighted by atomic mass is 9.87. The summed E-state index contributed by atoms with van der Waals surface area (Å²) in [7, 11) is 0. The van der Waals surface area contributed by atoms with Crippen molar-refractivity contribution < 1.29 is 0 Å². The van der Waals surface area contributed by atoms with E-state index >= 15 is 0 Å². The SMILES string of the molecule is C=CCC1C=CC(C(C)(C)C)=C1. The van der Waals surface area contributed by atoms with Gasteiger partial charge in [-0.3, -0.25) is 0 Å². The van der Waals surface area contributed by atoms with E-state index in [-0.39, 0.29) is 0 Å². The van der Waals surface area contributed by atoms with E-state index in [1.54, 1.807) is 0 Å². The predicted molar refractivity (Wildman–Crippen MR) is 55.0 cm³/mol. The van der Waals surface area contributed by atoms with Crippen molar-refractivity contribution in [3.05, 3.63) is 36.5 Å². The van der Waals surface area contributed by atoms with Crippen LogP contribution in [0.15, 0.2) is 36.5 Å². The van der Waals surface area contributed by atoms with Gasteiger partial charge in [0.1, 0.15) is 0 Å². The van der Waals surface area contributed by atoms with Crippen LogP contribution in [-0.2, 0) is 0 Å². The molecule has 1 atom stereocenters. The molecule has 0 saturated heterocycles. The first-order valence-corrected chi connectivity index (χ1v) is 4.55. The van der Waals surface area contributed by atoms with Gasteiger partial charge in [-0.2, -0.15) is 0 Å². The van der Waals surface area contributed by atoms with Crippen LogP contribution in [0.2, 0.25) is 0 Å². The maximum atomic E-state index is 3.75. The molecule has 1 aliphatic carbocycles. The molecule has 0 aromatic rings. The normalized spacial score (nSPS) is 22.6. The highest BCUT2D eigenvalue weighted by Gasteiger charge is 2.19. The van der Waals surface area contributed by atoms with Crippen molar-refractivity contribution >= 4 is 0 Å². The molecule has 0 saturated carbocycles. The van der Waals surface area contributed by atoms with Gasteiger partial charge in [-0.1, -0.05) is 45.1 Å². The van der Waals surface area contributed by atoms with Gasteiger partial charge >= 0.3 is 0 Å². The molecule has 0 spiro atoms. The summed E-state index contributed by atoms with van der Waals surface area (Å²) in [5, 5.41) is 0. The van der Waals surface area contributed by atoms with Crippen molar-refractivity contribution in [1.82, 2.24) is 0 Å². The molecule has 1 rings (SSSR count). The van der Waals surface area contributed by atoms with E-state index in [4.69, 9.17) is 0 Å². The highest BCUT2D eigenvalue weighted by Crippen LogP contribution is 2.32. The molecule has 0 fully saturated rings. The van der Waals surface area contributed by atoms with Crippen LogP contribution in [0.4, 0.5) is 0 Å². The van der Waals surface area contributed by atoms with Gasteiger partial charge < -0.3 is 0 Å². The molecule has 0 amide bonds. The Labute approximate surface area is 75.7 Å². The van der Waals surface area contributed by atoms with Gasteiger partial charge in [-0.05, 0) is 23.3 Å². The van der Waals surface area contributed by atoms with Gasteiger partial charge in [0, 0.05) is 0 Å². The van der Waals surface area contributed by atoms with E-state index in [1.165, 1.54) is 5.57 Å². The fourth-order valence-corrected chi connectivity index (χ4v) is 1.41. The molecule has 66 valence electrons. The van der Waals surface area contributed by atoms with Crippen molar-refractivity contribution in [2.45, 2.75) is 27.2 Å². The highest BCUT2D eigenvalue weighted by atomic mass is 14.2. The van der Waals surface area contributed by atoms with Crippen LogP contribution in [0.5, 0.6) is 0 Å². The second kappa shape index (κ2) is 3.30. The van der Waals surface area contributed by atoms with Crippen molar-refractivity contribution in [3.8, 4) is 0 Å². The van der Waals surface area contributed by atoms with Gasteiger partial charge in [0.15, 0.2) is 0 Å². The quantitative estimate of drug-likeness (QED) is 0.543. The molecule has 0 nitrogen and oxygen atoms in total. The maximum absolute atomic E-state index is 3.75. The minimum Gasteiger partial charge on any atom is -0.103 e. The third-order valence-corrected chi connectivity index (χ3v) is 2.22. The van der Waals surface area contributed by atoms with Crippen LogP contribution in [0, 0.1) is 11.3 Å². The number of rotatable bonds is 2. The van der Waals surface area contributed by atoms with Crippen LogP contribution in [0.3, 0.4) is 0 Å². The van der Waals surface area contributed by atoms with Crippen LogP contribution >= 0.6 is 0 Å². The summed E-state index contributed by atoms with van der Waals surface area (Å²) in [4.78, 5) is 0. The molecular weight excluding hydrogens is 144 g/mol. The van der Waals surface area contributed by atoms with E-state index in [9.17, 15) is 0 Å². The minimum absolute atomic E-state index is 0.298. The molecule has 1 unspecified atom stereocenters. The molecule has 0 aromatic carbocycles. The fraction of sp³-hybridized carbons (Fsp3) is 0.500. The average Bonchev–Trinajstić information content (AvgIpc) is 2.35. The molecule has 1 aliphatic rings. The Bertz CT molecular complexity index is 223. The molecule has 12 heavy (non-hydrogen) atoms. The van der Waals surface area contributed by atoms with E-state index in [1.807, 2.05) is 6.08 Å². The van der Waals surface area contributed by atoms with Crippen molar-refractivity contribution in [1.29, 1.82) is 0 Å². The summed E-state index contributed by atoms with van der Waals surface area (Å²) in [6.45, 7) is 10.5. The summed E-state index contributed by atoms with van der Waals surface area (Å²) < 4.78 is 0. The molecule has 0 aliphatic heterocycles. The van der Waals surface area contributed by atoms with E-state index in [0.717, 1.165) is 6.42 Å². The molecule has 0 aromatic heterocycles. The number of allylic oxidation sites excluding steroid dienone is 5. The number of hydrogen-bond donors (Lipinski definition) is 0. The molecule has 0 heteroatoms. The highest BCUT2D eigenvalue weighted by molar-refractivity contribution is 5.33. The van der Waals surface area contributed by atoms with Gasteiger partial charge in [0.2, 0.25) is 0 Å². The van der Waals surface area contributed by atoms with Crippen LogP contribution in [0.1, 0.15) is 27.2 Å². The third kappa shape index (κ3) is 2.10. The smallest absolute Gasteiger partial charge is 0.000983 e. The summed E-state index contributed by atoms with van der Waals surface area (Å²) in [6, 6.07) is 0. The summed E-state index contributed by atoms with van der Waals surface area (Å²) in [5.41, 5.74) is 1.75. The van der Waals surface area contributed by atoms with Crippen LogP contribution in [0.25, 0.3) is 0 Å². The fourth-order valence-electron chi connectivity index (χ4n) is 1.41. The monoisotopic (exact) mass is 162 g/mol. The third-order valence-electron chi connectivity index (χ3n) is 2.22. The molecule has 0 bridgehead atoms. The molecular formula is C12H18. The van der Waals surface area contributed by atoms with E-state index in [2.05, 4.69) is 45.6 Å². The predicted octanol–water partition coefficient (Wildman–Crippen LogP) is 3.72. The first-order valence-electron chi connectivity index (χ1n) is 4.55. The molecule has 0 N–H and O–H groups in total. The number of hydrogen-bond acceptors (Lipinski definition) is 0. The largest absolute Gasteiger partial charge is 0.103 e. The zero-order chi connectivity index (χ0) is 9.19. The van der Waals surface area contributed by atoms with Crippen molar-refractivity contribution in [3.63, 3.8) is 0 Å². The van der Waals surface area contributed by atoms with Gasteiger partial charge in [-0.25, -0.2) is 0 Å². The van der Waals surface area contributed by atoms with Gasteiger partial charge in [0.25, 0.3) is 0 Å². The van der Waals surface area contributed by atoms with E-state index in [0.29, 0.717) is 11.3 Å². The lowest BCUT2D eigenvalue weighted by Crippen LogP contribution is -2.06. The van der Waals surface area contributed by atoms with Gasteiger partial charge in [-0.15, -0.1) is 6.58 Å². The van der Waals surface area contributed by atoms with Crippen LogP contribution in [-0.4, -0.2) is 0 Å². The van der Waals surface area contributed by atoms with Crippen molar-refractivity contribution in [2.24, 2.45) is 11.3 Å². The van der Waals surface area contributed by atoms with Crippen LogP contribution < -0.4 is 0 Å². The Hall–Kier alpha value is -0.780. The second-order valence-corrected chi connectivity index (χ2v) is 4.42. The average molecular weight is 162 g/mol. The summed E-state index contributed by atoms with van der Waals surface area (Å²) >= 11 is 0. The zero-order valence-corrected chi connectivity index (χ0v) is 8.30. The maximum Gasteiger partial charge on any atom is -0.000983 e. The first-order chi connectivity index (χ1) is 5.54. The Morgan fingerprint density at radius 1 is 1.50 bits per heavy atom. The standard InChI is InChI=1S/C12H18/c1-5-6-10-7-8-11(9-10)12(2,3)4/h5,7-10H,1,6H2,2-4H3. The minimum atomic E-state index is 0.298. The Morgan fingerprint density at radius 3 is 2.58 bits per heavy atom. The van der Waals surface area contributed by atoms with E-state index < -0.39 is 0 Å². The Balaban J connectivity index is 2.67. The Kier molecular flexibility index (Phi) is 2.56. The zero-order valence-electron chi connectivity index (χ0n) is 8.30. The second-order valence-electron chi connectivity index (χ2n) is 4.42. The summed E-state index contributed by atoms with van der Waals surface area (Å²) in [6.07, 6.45) is 9.91. The topological polar surface area (TPSA) is 0 Å². The summed E-state index contributed by atoms with van der Waals surface area (Å²) in [5.74, 6) is 0.594. The first kappa shape index (κ1) is 9.31. The molecule has 0 heterocycles. The lowest BCUT2D eigenvalue weighted by molar-refractivity contribution is 0.516. The molecule has 0 radical (unpaired) electrons. The lowest BCUT2D eigenvalue weighted by Gasteiger charge is -2.18. The van der Waals surface area contributed by atoms with Gasteiger partial charge in [0.05, 0.1) is 0 Å². The Morgan fingerprint density at radius 2 is 2.17 bits per heavy atom.